The zero-order valence-corrected chi connectivity index (χ0v) is 19.6. The summed E-state index contributed by atoms with van der Waals surface area (Å²) in [5.74, 6) is 3.18. The lowest BCUT2D eigenvalue weighted by Crippen LogP contribution is -2.40. The van der Waals surface area contributed by atoms with Gasteiger partial charge in [-0.2, -0.15) is 0 Å². The van der Waals surface area contributed by atoms with E-state index in [9.17, 15) is 0 Å². The van der Waals surface area contributed by atoms with Crippen molar-refractivity contribution in [1.29, 1.82) is 0 Å². The number of nitrogens with zero attached hydrogens (tertiary/aromatic N) is 3. The highest BCUT2D eigenvalue weighted by molar-refractivity contribution is 14.0. The van der Waals surface area contributed by atoms with E-state index in [2.05, 4.69) is 29.2 Å². The largest absolute Gasteiger partial charge is 0.477 e. The quantitative estimate of drug-likeness (QED) is 0.317. The molecule has 7 heteroatoms. The number of halogens is 1. The van der Waals surface area contributed by atoms with Crippen LogP contribution in [0.1, 0.15) is 44.6 Å². The van der Waals surface area contributed by atoms with Crippen molar-refractivity contribution in [2.45, 2.75) is 45.6 Å². The van der Waals surface area contributed by atoms with Gasteiger partial charge in [-0.25, -0.2) is 9.98 Å². The highest BCUT2D eigenvalue weighted by Crippen LogP contribution is 2.29. The summed E-state index contributed by atoms with van der Waals surface area (Å²) >= 11 is 0. The van der Waals surface area contributed by atoms with E-state index in [-0.39, 0.29) is 24.0 Å². The number of nitrogens with one attached hydrogen (secondary N) is 1. The maximum Gasteiger partial charge on any atom is 0.213 e. The van der Waals surface area contributed by atoms with Crippen molar-refractivity contribution in [2.75, 3.05) is 40.0 Å². The van der Waals surface area contributed by atoms with E-state index in [1.165, 1.54) is 32.1 Å². The van der Waals surface area contributed by atoms with Crippen LogP contribution in [0.25, 0.3) is 0 Å². The van der Waals surface area contributed by atoms with E-state index in [4.69, 9.17) is 14.5 Å². The second-order valence-electron chi connectivity index (χ2n) is 7.69. The Balaban J connectivity index is 0.00000280. The summed E-state index contributed by atoms with van der Waals surface area (Å²) in [5.41, 5.74) is 1.13. The fourth-order valence-electron chi connectivity index (χ4n) is 3.27. The molecular weight excluding hydrogens is 467 g/mol. The molecule has 3 rings (SSSR count). The van der Waals surface area contributed by atoms with Crippen molar-refractivity contribution >= 4 is 29.9 Å². The van der Waals surface area contributed by atoms with Crippen LogP contribution in [0.4, 0.5) is 0 Å². The molecule has 1 aromatic rings. The van der Waals surface area contributed by atoms with Crippen molar-refractivity contribution in [3.8, 4) is 5.88 Å². The van der Waals surface area contributed by atoms with Crippen LogP contribution in [-0.4, -0.2) is 55.8 Å². The molecule has 0 bridgehead atoms. The number of ether oxygens (including phenoxy) is 2. The van der Waals surface area contributed by atoms with Crippen LogP contribution in [0.2, 0.25) is 0 Å². The summed E-state index contributed by atoms with van der Waals surface area (Å²) in [6, 6.07) is 4.02. The molecule has 1 aromatic heterocycles. The Morgan fingerprint density at radius 3 is 2.79 bits per heavy atom. The number of aromatic nitrogens is 1. The maximum absolute atomic E-state index is 5.78. The number of guanidine groups is 1. The van der Waals surface area contributed by atoms with Crippen LogP contribution in [0.15, 0.2) is 23.3 Å². The average molecular weight is 502 g/mol. The average Bonchev–Trinajstić information content (AvgIpc) is 3.53. The first-order valence-corrected chi connectivity index (χ1v) is 10.4. The van der Waals surface area contributed by atoms with Crippen molar-refractivity contribution in [3.05, 3.63) is 23.9 Å². The third kappa shape index (κ3) is 8.11. The SMILES string of the molecule is CCNC(=NCc1ccnc(OCC2CC2)c1)N(C)CCC1CCOCC1.I. The lowest BCUT2D eigenvalue weighted by Gasteiger charge is -2.26. The predicted molar refractivity (Wildman–Crippen MR) is 123 cm³/mol. The van der Waals surface area contributed by atoms with Crippen molar-refractivity contribution in [1.82, 2.24) is 15.2 Å². The monoisotopic (exact) mass is 502 g/mol. The van der Waals surface area contributed by atoms with Crippen molar-refractivity contribution in [2.24, 2.45) is 16.8 Å². The third-order valence-corrected chi connectivity index (χ3v) is 5.28. The van der Waals surface area contributed by atoms with Crippen LogP contribution in [0.5, 0.6) is 5.88 Å². The summed E-state index contributed by atoms with van der Waals surface area (Å²) in [6.45, 7) is 7.24. The van der Waals surface area contributed by atoms with Gasteiger partial charge in [-0.15, -0.1) is 24.0 Å². The molecule has 1 saturated carbocycles. The number of hydrogen-bond acceptors (Lipinski definition) is 4. The summed E-state index contributed by atoms with van der Waals surface area (Å²) in [6.07, 6.45) is 7.95. The highest BCUT2D eigenvalue weighted by atomic mass is 127. The van der Waals surface area contributed by atoms with Gasteiger partial charge in [0.15, 0.2) is 5.96 Å². The van der Waals surface area contributed by atoms with Crippen LogP contribution in [0.3, 0.4) is 0 Å². The zero-order chi connectivity index (χ0) is 18.9. The van der Waals surface area contributed by atoms with Crippen LogP contribution < -0.4 is 10.1 Å². The van der Waals surface area contributed by atoms with Gasteiger partial charge in [0.05, 0.1) is 13.2 Å². The molecule has 0 spiro atoms. The Labute approximate surface area is 186 Å². The first kappa shape index (κ1) is 23.2. The second-order valence-corrected chi connectivity index (χ2v) is 7.69. The van der Waals surface area contributed by atoms with Crippen LogP contribution >= 0.6 is 24.0 Å². The highest BCUT2D eigenvalue weighted by Gasteiger charge is 2.22. The number of pyridine rings is 1. The van der Waals surface area contributed by atoms with E-state index in [1.807, 2.05) is 18.3 Å². The predicted octanol–water partition coefficient (Wildman–Crippen LogP) is 3.70. The van der Waals surface area contributed by atoms with Gasteiger partial charge in [-0.3, -0.25) is 0 Å². The number of hydrogen-bond donors (Lipinski definition) is 1. The summed E-state index contributed by atoms with van der Waals surface area (Å²) in [4.78, 5) is 11.4. The van der Waals surface area contributed by atoms with E-state index in [0.29, 0.717) is 12.4 Å². The van der Waals surface area contributed by atoms with Crippen LogP contribution in [0, 0.1) is 11.8 Å². The molecular formula is C21H35IN4O2. The summed E-state index contributed by atoms with van der Waals surface area (Å²) < 4.78 is 11.2. The minimum absolute atomic E-state index is 0. The molecule has 2 aliphatic rings. The fourth-order valence-corrected chi connectivity index (χ4v) is 3.27. The standard InChI is InChI=1S/C21H34N4O2.HI/c1-3-22-21(25(2)11-7-17-8-12-26-13-9-17)24-15-19-6-10-23-20(14-19)27-16-18-4-5-18;/h6,10,14,17-18H,3-5,7-9,11-13,15-16H2,1-2H3,(H,22,24);1H. The molecule has 1 aliphatic heterocycles. The zero-order valence-electron chi connectivity index (χ0n) is 17.2. The van der Waals surface area contributed by atoms with Gasteiger partial charge >= 0.3 is 0 Å². The molecule has 0 aromatic carbocycles. The van der Waals surface area contributed by atoms with E-state index in [1.54, 1.807) is 0 Å². The van der Waals surface area contributed by atoms with E-state index < -0.39 is 0 Å². The Morgan fingerprint density at radius 2 is 2.07 bits per heavy atom. The second kappa shape index (κ2) is 12.5. The molecule has 6 nitrogen and oxygen atoms in total. The molecule has 1 aliphatic carbocycles. The fraction of sp³-hybridized carbons (Fsp3) is 0.714. The lowest BCUT2D eigenvalue weighted by atomic mass is 9.96. The Morgan fingerprint density at radius 1 is 1.29 bits per heavy atom. The molecule has 1 N–H and O–H groups in total. The smallest absolute Gasteiger partial charge is 0.213 e. The maximum atomic E-state index is 5.78. The molecule has 0 radical (unpaired) electrons. The first-order valence-electron chi connectivity index (χ1n) is 10.4. The molecule has 1 saturated heterocycles. The summed E-state index contributed by atoms with van der Waals surface area (Å²) in [7, 11) is 2.12. The normalized spacial score (nSPS) is 17.7. The van der Waals surface area contributed by atoms with Gasteiger partial charge in [0, 0.05) is 45.6 Å². The van der Waals surface area contributed by atoms with Gasteiger partial charge in [0.2, 0.25) is 5.88 Å². The topological polar surface area (TPSA) is 59.0 Å². The molecule has 2 fully saturated rings. The molecule has 0 unspecified atom stereocenters. The third-order valence-electron chi connectivity index (χ3n) is 5.28. The minimum atomic E-state index is 0. The molecule has 2 heterocycles. The van der Waals surface area contributed by atoms with Gasteiger partial charge in [0.25, 0.3) is 0 Å². The van der Waals surface area contributed by atoms with Gasteiger partial charge < -0.3 is 19.7 Å². The lowest BCUT2D eigenvalue weighted by molar-refractivity contribution is 0.0625. The van der Waals surface area contributed by atoms with E-state index >= 15 is 0 Å². The first-order chi connectivity index (χ1) is 13.2. The number of aliphatic imine (C=N–C) groups is 1. The molecule has 158 valence electrons. The van der Waals surface area contributed by atoms with Gasteiger partial charge in [-0.1, -0.05) is 0 Å². The van der Waals surface area contributed by atoms with Crippen molar-refractivity contribution in [3.63, 3.8) is 0 Å². The Hall–Kier alpha value is -1.09. The Bertz CT molecular complexity index is 604. The van der Waals surface area contributed by atoms with E-state index in [0.717, 1.165) is 56.3 Å². The van der Waals surface area contributed by atoms with Gasteiger partial charge in [-0.05, 0) is 62.5 Å². The van der Waals surface area contributed by atoms with Gasteiger partial charge in [0.1, 0.15) is 0 Å². The Kier molecular flexibility index (Phi) is 10.3. The minimum Gasteiger partial charge on any atom is -0.477 e. The molecule has 0 amide bonds. The molecule has 28 heavy (non-hydrogen) atoms. The van der Waals surface area contributed by atoms with Crippen LogP contribution in [-0.2, 0) is 11.3 Å². The number of rotatable bonds is 9. The summed E-state index contributed by atoms with van der Waals surface area (Å²) in [5, 5.41) is 3.41. The molecule has 0 atom stereocenters. The van der Waals surface area contributed by atoms with Crippen molar-refractivity contribution < 1.29 is 9.47 Å².